The Hall–Kier alpha value is -4.12. The van der Waals surface area contributed by atoms with Crippen LogP contribution in [0.2, 0.25) is 0 Å². The first-order valence-corrected chi connectivity index (χ1v) is 11.5. The minimum atomic E-state index is -4.62. The molecular formula is C26H23F3N6O2. The molecule has 3 aromatic heterocycles. The van der Waals surface area contributed by atoms with Crippen molar-refractivity contribution in [1.29, 1.82) is 0 Å². The van der Waals surface area contributed by atoms with Crippen molar-refractivity contribution >= 4 is 16.8 Å². The Morgan fingerprint density at radius 3 is 2.43 bits per heavy atom. The highest BCUT2D eigenvalue weighted by molar-refractivity contribution is 5.98. The van der Waals surface area contributed by atoms with Crippen LogP contribution in [-0.2, 0) is 6.18 Å². The van der Waals surface area contributed by atoms with Crippen molar-refractivity contribution in [3.8, 4) is 28.3 Å². The number of nitrogens with zero attached hydrogens (tertiary/aromatic N) is 6. The second kappa shape index (κ2) is 9.74. The summed E-state index contributed by atoms with van der Waals surface area (Å²) in [6.07, 6.45) is 1.24. The Kier molecular flexibility index (Phi) is 6.46. The van der Waals surface area contributed by atoms with Crippen LogP contribution >= 0.6 is 0 Å². The van der Waals surface area contributed by atoms with Crippen molar-refractivity contribution < 1.29 is 22.7 Å². The van der Waals surface area contributed by atoms with E-state index in [4.69, 9.17) is 4.74 Å². The zero-order chi connectivity index (χ0) is 26.2. The van der Waals surface area contributed by atoms with Crippen LogP contribution in [0.5, 0.6) is 5.88 Å². The number of rotatable bonds is 4. The number of aromatic nitrogens is 4. The summed E-state index contributed by atoms with van der Waals surface area (Å²) < 4.78 is 45.4. The number of benzene rings is 1. The second-order valence-corrected chi connectivity index (χ2v) is 8.79. The molecule has 1 amide bonds. The van der Waals surface area contributed by atoms with Crippen LogP contribution in [0.3, 0.4) is 0 Å². The molecule has 1 fully saturated rings. The molecular weight excluding hydrogens is 485 g/mol. The van der Waals surface area contributed by atoms with Gasteiger partial charge in [0.05, 0.1) is 23.9 Å². The van der Waals surface area contributed by atoms with Gasteiger partial charge in [0.25, 0.3) is 5.91 Å². The largest absolute Gasteiger partial charge is 0.481 e. The van der Waals surface area contributed by atoms with Gasteiger partial charge in [-0.05, 0) is 36.9 Å². The number of ether oxygens (including phenoxy) is 1. The van der Waals surface area contributed by atoms with Crippen LogP contribution in [0.25, 0.3) is 33.3 Å². The molecule has 4 heterocycles. The predicted octanol–water partition coefficient (Wildman–Crippen LogP) is 4.17. The Morgan fingerprint density at radius 2 is 1.70 bits per heavy atom. The molecule has 0 spiro atoms. The minimum absolute atomic E-state index is 0.106. The van der Waals surface area contributed by atoms with Crippen LogP contribution in [0.1, 0.15) is 15.9 Å². The summed E-state index contributed by atoms with van der Waals surface area (Å²) in [5.74, 6) is -0.598. The van der Waals surface area contributed by atoms with Crippen LogP contribution in [-0.4, -0.2) is 76.0 Å². The summed E-state index contributed by atoms with van der Waals surface area (Å²) in [6, 6.07) is 7.84. The van der Waals surface area contributed by atoms with Gasteiger partial charge in [-0.1, -0.05) is 6.07 Å². The van der Waals surface area contributed by atoms with Crippen molar-refractivity contribution in [1.82, 2.24) is 29.7 Å². The fraction of sp³-hybridized carbons (Fsp3) is 0.269. The van der Waals surface area contributed by atoms with Gasteiger partial charge >= 0.3 is 6.18 Å². The molecule has 0 N–H and O–H groups in total. The highest BCUT2D eigenvalue weighted by Gasteiger charge is 2.35. The van der Waals surface area contributed by atoms with Crippen LogP contribution in [0, 0.1) is 0 Å². The van der Waals surface area contributed by atoms with Crippen LogP contribution in [0.4, 0.5) is 13.2 Å². The fourth-order valence-electron chi connectivity index (χ4n) is 4.32. The van der Waals surface area contributed by atoms with Gasteiger partial charge in [0, 0.05) is 61.3 Å². The van der Waals surface area contributed by atoms with Gasteiger partial charge in [-0.25, -0.2) is 15.0 Å². The van der Waals surface area contributed by atoms with E-state index in [9.17, 15) is 18.0 Å². The molecule has 1 saturated heterocycles. The van der Waals surface area contributed by atoms with Crippen molar-refractivity contribution in [3.05, 3.63) is 66.4 Å². The average molecular weight is 509 g/mol. The van der Waals surface area contributed by atoms with E-state index in [1.165, 1.54) is 18.7 Å². The summed E-state index contributed by atoms with van der Waals surface area (Å²) in [4.78, 5) is 33.9. The number of pyridine rings is 2. The molecule has 0 atom stereocenters. The number of amides is 1. The van der Waals surface area contributed by atoms with Crippen molar-refractivity contribution in [2.75, 3.05) is 40.3 Å². The van der Waals surface area contributed by atoms with Crippen LogP contribution in [0.15, 0.2) is 55.2 Å². The van der Waals surface area contributed by atoms with Crippen molar-refractivity contribution in [2.45, 2.75) is 6.18 Å². The number of alkyl halides is 3. The number of halogens is 3. The van der Waals surface area contributed by atoms with E-state index in [0.717, 1.165) is 26.3 Å². The third-order valence-electron chi connectivity index (χ3n) is 6.37. The monoisotopic (exact) mass is 508 g/mol. The number of carbonyl (C=O) groups excluding carboxylic acids is 1. The zero-order valence-corrected chi connectivity index (χ0v) is 20.2. The fourth-order valence-corrected chi connectivity index (χ4v) is 4.32. The molecule has 8 nitrogen and oxygen atoms in total. The van der Waals surface area contributed by atoms with Gasteiger partial charge < -0.3 is 14.5 Å². The first-order chi connectivity index (χ1) is 17.7. The van der Waals surface area contributed by atoms with Crippen molar-refractivity contribution in [2.24, 2.45) is 0 Å². The predicted molar refractivity (Wildman–Crippen MR) is 131 cm³/mol. The SMILES string of the molecule is COc1ncc(-c2ccc3ncnc(-c4cncc(C(=O)N5CCN(C)CC5)c4)c3c2)cc1C(F)(F)F. The normalized spacial score (nSPS) is 14.7. The smallest absolute Gasteiger partial charge is 0.421 e. The van der Waals surface area contributed by atoms with E-state index in [0.29, 0.717) is 46.4 Å². The lowest BCUT2D eigenvalue weighted by atomic mass is 10.0. The molecule has 37 heavy (non-hydrogen) atoms. The van der Waals surface area contributed by atoms with E-state index >= 15 is 0 Å². The first-order valence-electron chi connectivity index (χ1n) is 11.5. The Bertz CT molecular complexity index is 1470. The van der Waals surface area contributed by atoms with Crippen LogP contribution < -0.4 is 4.74 Å². The maximum Gasteiger partial charge on any atom is 0.421 e. The van der Waals surface area contributed by atoms with E-state index in [2.05, 4.69) is 24.8 Å². The van der Waals surface area contributed by atoms with Gasteiger partial charge in [0.2, 0.25) is 5.88 Å². The lowest BCUT2D eigenvalue weighted by Crippen LogP contribution is -2.47. The van der Waals surface area contributed by atoms with Gasteiger partial charge in [0.15, 0.2) is 0 Å². The maximum absolute atomic E-state index is 13.5. The summed E-state index contributed by atoms with van der Waals surface area (Å²) in [5.41, 5.74) is 1.97. The molecule has 190 valence electrons. The topological polar surface area (TPSA) is 84.3 Å². The molecule has 0 saturated carbocycles. The van der Waals surface area contributed by atoms with E-state index in [1.54, 1.807) is 35.4 Å². The second-order valence-electron chi connectivity index (χ2n) is 8.79. The number of methoxy groups -OCH3 is 1. The van der Waals surface area contributed by atoms with Gasteiger partial charge in [-0.3, -0.25) is 9.78 Å². The Morgan fingerprint density at radius 1 is 0.919 bits per heavy atom. The highest BCUT2D eigenvalue weighted by Crippen LogP contribution is 2.38. The molecule has 1 aliphatic heterocycles. The van der Waals surface area contributed by atoms with Gasteiger partial charge in [-0.15, -0.1) is 0 Å². The number of hydrogen-bond acceptors (Lipinski definition) is 7. The number of hydrogen-bond donors (Lipinski definition) is 0. The lowest BCUT2D eigenvalue weighted by molar-refractivity contribution is -0.139. The van der Waals surface area contributed by atoms with E-state index in [-0.39, 0.29) is 11.5 Å². The summed E-state index contributed by atoms with van der Waals surface area (Å²) in [7, 11) is 3.16. The molecule has 0 aliphatic carbocycles. The molecule has 0 unspecified atom stereocenters. The number of carbonyl (C=O) groups is 1. The van der Waals surface area contributed by atoms with Gasteiger partial charge in [0.1, 0.15) is 11.9 Å². The lowest BCUT2D eigenvalue weighted by Gasteiger charge is -2.32. The Labute approximate surface area is 210 Å². The molecule has 1 aromatic carbocycles. The summed E-state index contributed by atoms with van der Waals surface area (Å²) >= 11 is 0. The molecule has 0 radical (unpaired) electrons. The quantitative estimate of drug-likeness (QED) is 0.409. The minimum Gasteiger partial charge on any atom is -0.481 e. The zero-order valence-electron chi connectivity index (χ0n) is 20.2. The third kappa shape index (κ3) is 4.94. The standard InChI is InChI=1S/C26H23F3N6O2/c1-34-5-7-35(8-6-34)25(36)19-9-18(12-30-13-19)23-20-10-16(3-4-22(20)32-15-33-23)17-11-21(26(27,28)29)24(37-2)31-14-17/h3-4,9-15H,5-8H2,1-2H3. The molecule has 11 heteroatoms. The van der Waals surface area contributed by atoms with E-state index < -0.39 is 17.6 Å². The molecule has 0 bridgehead atoms. The Balaban J connectivity index is 1.54. The van der Waals surface area contributed by atoms with Gasteiger partial charge in [-0.2, -0.15) is 13.2 Å². The molecule has 5 rings (SSSR count). The molecule has 1 aliphatic rings. The molecule has 4 aromatic rings. The highest BCUT2D eigenvalue weighted by atomic mass is 19.4. The number of likely N-dealkylation sites (N-methyl/N-ethyl adjacent to an activating group) is 1. The average Bonchev–Trinajstić information content (AvgIpc) is 2.91. The summed E-state index contributed by atoms with van der Waals surface area (Å²) in [5, 5.41) is 0.607. The number of piperazine rings is 1. The van der Waals surface area contributed by atoms with E-state index in [1.807, 2.05) is 7.05 Å². The first kappa shape index (κ1) is 24.6. The maximum atomic E-state index is 13.5. The third-order valence-corrected chi connectivity index (χ3v) is 6.37. The summed E-state index contributed by atoms with van der Waals surface area (Å²) in [6.45, 7) is 2.87. The number of fused-ring (bicyclic) bond motifs is 1. The van der Waals surface area contributed by atoms with Crippen molar-refractivity contribution in [3.63, 3.8) is 0 Å².